The smallest absolute Gasteiger partial charge is 0.0510 e. The standard InChI is InChI=1S/C16H21NO/c1-2-4-13-7-16(6-5-12(13)3-1)17-8-14-10-18-11-15(14)9-17/h1-4,14-16H,5-11H2/t14-,15+,16?. The van der Waals surface area contributed by atoms with Gasteiger partial charge in [-0.05, 0) is 30.4 Å². The Morgan fingerprint density at radius 1 is 1.00 bits per heavy atom. The lowest BCUT2D eigenvalue weighted by atomic mass is 9.87. The summed E-state index contributed by atoms with van der Waals surface area (Å²) in [5.74, 6) is 1.64. The van der Waals surface area contributed by atoms with Gasteiger partial charge in [0.2, 0.25) is 0 Å². The molecule has 18 heavy (non-hydrogen) atoms. The average molecular weight is 243 g/mol. The molecule has 2 saturated heterocycles. The molecule has 0 amide bonds. The molecule has 2 fully saturated rings. The molecule has 2 heterocycles. The van der Waals surface area contributed by atoms with Crippen LogP contribution in [0, 0.1) is 11.8 Å². The molecule has 4 rings (SSSR count). The fraction of sp³-hybridized carbons (Fsp3) is 0.625. The molecule has 3 aliphatic rings. The lowest BCUT2D eigenvalue weighted by molar-refractivity contribution is 0.134. The minimum atomic E-state index is 0.783. The second kappa shape index (κ2) is 4.36. The SMILES string of the molecule is c1ccc2c(c1)CCC(N1C[C@H]3COC[C@H]3C1)C2. The minimum absolute atomic E-state index is 0.783. The van der Waals surface area contributed by atoms with Crippen LogP contribution < -0.4 is 0 Å². The maximum atomic E-state index is 5.58. The van der Waals surface area contributed by atoms with Crippen molar-refractivity contribution in [3.63, 3.8) is 0 Å². The van der Waals surface area contributed by atoms with Gasteiger partial charge in [-0.1, -0.05) is 24.3 Å². The van der Waals surface area contributed by atoms with Gasteiger partial charge in [0, 0.05) is 31.0 Å². The van der Waals surface area contributed by atoms with Crippen molar-refractivity contribution in [3.8, 4) is 0 Å². The van der Waals surface area contributed by atoms with E-state index in [0.717, 1.165) is 31.1 Å². The predicted molar refractivity (Wildman–Crippen MR) is 71.6 cm³/mol. The van der Waals surface area contributed by atoms with E-state index in [1.807, 2.05) is 0 Å². The molecule has 0 radical (unpaired) electrons. The molecular formula is C16H21NO. The second-order valence-electron chi connectivity index (χ2n) is 6.18. The molecule has 0 aromatic heterocycles. The van der Waals surface area contributed by atoms with Crippen molar-refractivity contribution in [2.24, 2.45) is 11.8 Å². The third kappa shape index (κ3) is 1.79. The van der Waals surface area contributed by atoms with Crippen LogP contribution in [0.1, 0.15) is 17.5 Å². The molecule has 1 unspecified atom stereocenters. The number of likely N-dealkylation sites (tertiary alicyclic amines) is 1. The highest BCUT2D eigenvalue weighted by Gasteiger charge is 2.40. The molecule has 0 spiro atoms. The number of ether oxygens (including phenoxy) is 1. The van der Waals surface area contributed by atoms with Crippen molar-refractivity contribution in [1.82, 2.24) is 4.90 Å². The van der Waals surface area contributed by atoms with E-state index in [-0.39, 0.29) is 0 Å². The average Bonchev–Trinajstić information content (AvgIpc) is 2.99. The monoisotopic (exact) mass is 243 g/mol. The van der Waals surface area contributed by atoms with Crippen LogP contribution in [0.15, 0.2) is 24.3 Å². The summed E-state index contributed by atoms with van der Waals surface area (Å²) in [5.41, 5.74) is 3.17. The molecule has 2 nitrogen and oxygen atoms in total. The Morgan fingerprint density at radius 3 is 2.50 bits per heavy atom. The van der Waals surface area contributed by atoms with E-state index in [1.54, 1.807) is 11.1 Å². The third-order valence-electron chi connectivity index (χ3n) is 5.11. The molecule has 1 aromatic carbocycles. The third-order valence-corrected chi connectivity index (χ3v) is 5.11. The number of fused-ring (bicyclic) bond motifs is 2. The summed E-state index contributed by atoms with van der Waals surface area (Å²) >= 11 is 0. The van der Waals surface area contributed by atoms with E-state index in [0.29, 0.717) is 0 Å². The van der Waals surface area contributed by atoms with Crippen LogP contribution in [-0.2, 0) is 17.6 Å². The summed E-state index contributed by atoms with van der Waals surface area (Å²) in [7, 11) is 0. The fourth-order valence-electron chi connectivity index (χ4n) is 4.01. The van der Waals surface area contributed by atoms with Crippen molar-refractivity contribution in [1.29, 1.82) is 0 Å². The molecule has 2 heteroatoms. The number of benzene rings is 1. The van der Waals surface area contributed by atoms with Crippen molar-refractivity contribution in [2.45, 2.75) is 25.3 Å². The van der Waals surface area contributed by atoms with Gasteiger partial charge in [0.05, 0.1) is 13.2 Å². The van der Waals surface area contributed by atoms with Gasteiger partial charge < -0.3 is 4.74 Å². The molecule has 0 saturated carbocycles. The topological polar surface area (TPSA) is 12.5 Å². The number of aryl methyl sites for hydroxylation is 1. The highest BCUT2D eigenvalue weighted by atomic mass is 16.5. The van der Waals surface area contributed by atoms with Gasteiger partial charge >= 0.3 is 0 Å². The zero-order chi connectivity index (χ0) is 11.9. The van der Waals surface area contributed by atoms with Crippen molar-refractivity contribution < 1.29 is 4.74 Å². The normalized spacial score (nSPS) is 35.4. The Morgan fingerprint density at radius 2 is 1.72 bits per heavy atom. The van der Waals surface area contributed by atoms with Gasteiger partial charge in [0.25, 0.3) is 0 Å². The van der Waals surface area contributed by atoms with Crippen molar-refractivity contribution in [3.05, 3.63) is 35.4 Å². The lowest BCUT2D eigenvalue weighted by Gasteiger charge is -2.32. The molecule has 1 aromatic rings. The fourth-order valence-corrected chi connectivity index (χ4v) is 4.01. The molecular weight excluding hydrogens is 222 g/mol. The molecule has 0 N–H and O–H groups in total. The molecule has 96 valence electrons. The van der Waals surface area contributed by atoms with E-state index in [1.165, 1.54) is 32.4 Å². The molecule has 3 atom stereocenters. The summed E-state index contributed by atoms with van der Waals surface area (Å²) in [6.45, 7) is 4.56. The first-order valence-electron chi connectivity index (χ1n) is 7.29. The summed E-state index contributed by atoms with van der Waals surface area (Å²) in [6, 6.07) is 9.77. The highest BCUT2D eigenvalue weighted by Crippen LogP contribution is 2.33. The Labute approximate surface area is 109 Å². The second-order valence-corrected chi connectivity index (χ2v) is 6.18. The largest absolute Gasteiger partial charge is 0.381 e. The number of hydrogen-bond acceptors (Lipinski definition) is 2. The number of rotatable bonds is 1. The van der Waals surface area contributed by atoms with Crippen LogP contribution in [0.3, 0.4) is 0 Å². The van der Waals surface area contributed by atoms with Crippen LogP contribution in [0.5, 0.6) is 0 Å². The summed E-state index contributed by atoms with van der Waals surface area (Å²) in [4.78, 5) is 2.74. The van der Waals surface area contributed by atoms with Crippen LogP contribution in [0.2, 0.25) is 0 Å². The maximum Gasteiger partial charge on any atom is 0.0510 e. The van der Waals surface area contributed by atoms with Gasteiger partial charge in [0.1, 0.15) is 0 Å². The van der Waals surface area contributed by atoms with E-state index < -0.39 is 0 Å². The molecule has 0 bridgehead atoms. The van der Waals surface area contributed by atoms with Crippen molar-refractivity contribution >= 4 is 0 Å². The van der Waals surface area contributed by atoms with Gasteiger partial charge in [-0.2, -0.15) is 0 Å². The summed E-state index contributed by atoms with van der Waals surface area (Å²) in [6.07, 6.45) is 3.87. The zero-order valence-corrected chi connectivity index (χ0v) is 10.8. The van der Waals surface area contributed by atoms with Gasteiger partial charge in [-0.3, -0.25) is 4.90 Å². The number of hydrogen-bond donors (Lipinski definition) is 0. The van der Waals surface area contributed by atoms with Crippen LogP contribution in [0.25, 0.3) is 0 Å². The van der Waals surface area contributed by atoms with E-state index >= 15 is 0 Å². The van der Waals surface area contributed by atoms with Crippen LogP contribution in [0.4, 0.5) is 0 Å². The highest BCUT2D eigenvalue weighted by molar-refractivity contribution is 5.30. The van der Waals surface area contributed by atoms with Crippen LogP contribution in [-0.4, -0.2) is 37.2 Å². The predicted octanol–water partition coefficient (Wildman–Crippen LogP) is 2.12. The summed E-state index contributed by atoms with van der Waals surface area (Å²) < 4.78 is 5.58. The Bertz CT molecular complexity index is 432. The van der Waals surface area contributed by atoms with Gasteiger partial charge in [0.15, 0.2) is 0 Å². The first-order valence-corrected chi connectivity index (χ1v) is 7.29. The quantitative estimate of drug-likeness (QED) is 0.749. The first-order chi connectivity index (χ1) is 8.90. The van der Waals surface area contributed by atoms with E-state index in [4.69, 9.17) is 4.74 Å². The van der Waals surface area contributed by atoms with E-state index in [9.17, 15) is 0 Å². The summed E-state index contributed by atoms with van der Waals surface area (Å²) in [5, 5.41) is 0. The minimum Gasteiger partial charge on any atom is -0.381 e. The Kier molecular flexibility index (Phi) is 2.66. The van der Waals surface area contributed by atoms with Crippen LogP contribution >= 0.6 is 0 Å². The first kappa shape index (κ1) is 11.0. The van der Waals surface area contributed by atoms with Gasteiger partial charge in [-0.25, -0.2) is 0 Å². The zero-order valence-electron chi connectivity index (χ0n) is 10.8. The van der Waals surface area contributed by atoms with E-state index in [2.05, 4.69) is 29.2 Å². The van der Waals surface area contributed by atoms with Crippen molar-refractivity contribution in [2.75, 3.05) is 26.3 Å². The Balaban J connectivity index is 1.48. The maximum absolute atomic E-state index is 5.58. The molecule has 1 aliphatic carbocycles. The lowest BCUT2D eigenvalue weighted by Crippen LogP contribution is -2.38. The number of nitrogens with zero attached hydrogens (tertiary/aromatic N) is 1. The molecule has 2 aliphatic heterocycles. The Hall–Kier alpha value is -0.860. The van der Waals surface area contributed by atoms with Gasteiger partial charge in [-0.15, -0.1) is 0 Å².